The molecule has 1 aromatic heterocycles. The molecule has 2 rings (SSSR count). The normalized spacial score (nSPS) is 12.7. The molecule has 0 aliphatic carbocycles. The Morgan fingerprint density at radius 2 is 1.79 bits per heavy atom. The van der Waals surface area contributed by atoms with Crippen LogP contribution in [0.5, 0.6) is 0 Å². The third-order valence-corrected chi connectivity index (χ3v) is 5.81. The third-order valence-electron chi connectivity index (χ3n) is 3.23. The average Bonchev–Trinajstić information content (AvgIpc) is 2.64. The van der Waals surface area contributed by atoms with E-state index in [0.717, 1.165) is 9.35 Å². The fourth-order valence-corrected chi connectivity index (χ4v) is 4.08. The summed E-state index contributed by atoms with van der Waals surface area (Å²) in [6.07, 6.45) is 0.121. The lowest BCUT2D eigenvalue weighted by atomic mass is 9.95. The molecule has 0 bridgehead atoms. The number of thiophene rings is 1. The standard InChI is InChI=1S/C15H16BrClOS/c1-8-4-9(2)11(10(3)5-8)6-13(18)14-7-12(16)15(17)19-14/h4-5,7,13,18H,6H2,1-3H3. The molecular weight excluding hydrogens is 344 g/mol. The van der Waals surface area contributed by atoms with E-state index in [1.54, 1.807) is 0 Å². The van der Waals surface area contributed by atoms with Gasteiger partial charge in [0.15, 0.2) is 0 Å². The molecule has 0 spiro atoms. The van der Waals surface area contributed by atoms with E-state index in [4.69, 9.17) is 11.6 Å². The largest absolute Gasteiger partial charge is 0.387 e. The zero-order valence-electron chi connectivity index (χ0n) is 11.1. The molecule has 4 heteroatoms. The van der Waals surface area contributed by atoms with Crippen molar-refractivity contribution in [2.24, 2.45) is 0 Å². The lowest BCUT2D eigenvalue weighted by Gasteiger charge is -2.14. The van der Waals surface area contributed by atoms with E-state index in [1.165, 1.54) is 33.6 Å². The highest BCUT2D eigenvalue weighted by Crippen LogP contribution is 2.36. The SMILES string of the molecule is Cc1cc(C)c(CC(O)c2cc(Br)c(Cl)s2)c(C)c1. The molecule has 1 atom stereocenters. The zero-order valence-corrected chi connectivity index (χ0v) is 14.3. The molecule has 0 aliphatic rings. The smallest absolute Gasteiger partial charge is 0.107 e. The number of aliphatic hydroxyl groups excluding tert-OH is 1. The maximum Gasteiger partial charge on any atom is 0.107 e. The van der Waals surface area contributed by atoms with Crippen molar-refractivity contribution in [2.45, 2.75) is 33.3 Å². The fourth-order valence-electron chi connectivity index (χ4n) is 2.35. The van der Waals surface area contributed by atoms with Gasteiger partial charge in [0.05, 0.1) is 6.10 Å². The van der Waals surface area contributed by atoms with Crippen LogP contribution in [0.3, 0.4) is 0 Å². The van der Waals surface area contributed by atoms with Crippen molar-refractivity contribution in [1.29, 1.82) is 0 Å². The quantitative estimate of drug-likeness (QED) is 0.781. The maximum atomic E-state index is 10.4. The van der Waals surface area contributed by atoms with Gasteiger partial charge in [-0.15, -0.1) is 11.3 Å². The second-order valence-electron chi connectivity index (χ2n) is 4.87. The van der Waals surface area contributed by atoms with Gasteiger partial charge >= 0.3 is 0 Å². The molecule has 102 valence electrons. The molecule has 0 radical (unpaired) electrons. The van der Waals surface area contributed by atoms with E-state index in [1.807, 2.05) is 6.07 Å². The Morgan fingerprint density at radius 1 is 1.21 bits per heavy atom. The molecule has 0 aliphatic heterocycles. The van der Waals surface area contributed by atoms with Crippen LogP contribution in [0.4, 0.5) is 0 Å². The van der Waals surface area contributed by atoms with Gasteiger partial charge in [0.25, 0.3) is 0 Å². The van der Waals surface area contributed by atoms with Crippen molar-refractivity contribution < 1.29 is 5.11 Å². The Morgan fingerprint density at radius 3 is 2.26 bits per heavy atom. The summed E-state index contributed by atoms with van der Waals surface area (Å²) in [4.78, 5) is 0.899. The summed E-state index contributed by atoms with van der Waals surface area (Å²) in [7, 11) is 0. The third kappa shape index (κ3) is 3.40. The van der Waals surface area contributed by atoms with Crippen LogP contribution in [0, 0.1) is 20.8 Å². The zero-order chi connectivity index (χ0) is 14.2. The van der Waals surface area contributed by atoms with E-state index in [2.05, 4.69) is 48.8 Å². The van der Waals surface area contributed by atoms with Crippen molar-refractivity contribution in [2.75, 3.05) is 0 Å². The Hall–Kier alpha value is -0.350. The van der Waals surface area contributed by atoms with Crippen molar-refractivity contribution in [3.63, 3.8) is 0 Å². The molecular formula is C15H16BrClOS. The van der Waals surface area contributed by atoms with Crippen molar-refractivity contribution in [3.8, 4) is 0 Å². The monoisotopic (exact) mass is 358 g/mol. The summed E-state index contributed by atoms with van der Waals surface area (Å²) in [6, 6.07) is 6.22. The van der Waals surface area contributed by atoms with Gasteiger partial charge in [-0.2, -0.15) is 0 Å². The summed E-state index contributed by atoms with van der Waals surface area (Å²) < 4.78 is 1.54. The average molecular weight is 360 g/mol. The van der Waals surface area contributed by atoms with Crippen LogP contribution < -0.4 is 0 Å². The molecule has 1 N–H and O–H groups in total. The van der Waals surface area contributed by atoms with Crippen LogP contribution in [-0.4, -0.2) is 5.11 Å². The van der Waals surface area contributed by atoms with E-state index >= 15 is 0 Å². The summed E-state index contributed by atoms with van der Waals surface area (Å²) in [5, 5.41) is 10.4. The molecule has 1 unspecified atom stereocenters. The van der Waals surface area contributed by atoms with Crippen LogP contribution in [0.25, 0.3) is 0 Å². The van der Waals surface area contributed by atoms with E-state index in [0.29, 0.717) is 10.8 Å². The minimum absolute atomic E-state index is 0.506. The topological polar surface area (TPSA) is 20.2 Å². The predicted molar refractivity (Wildman–Crippen MR) is 86.3 cm³/mol. The second-order valence-corrected chi connectivity index (χ2v) is 7.41. The second kappa shape index (κ2) is 5.96. The fraction of sp³-hybridized carbons (Fsp3) is 0.333. The molecule has 19 heavy (non-hydrogen) atoms. The predicted octanol–water partition coefficient (Wildman–Crippen LogP) is 5.37. The van der Waals surface area contributed by atoms with E-state index < -0.39 is 6.10 Å². The summed E-state index contributed by atoms with van der Waals surface area (Å²) >= 11 is 10.8. The Kier molecular flexibility index (Phi) is 4.72. The first-order valence-electron chi connectivity index (χ1n) is 6.08. The van der Waals surface area contributed by atoms with Crippen molar-refractivity contribution >= 4 is 38.9 Å². The van der Waals surface area contributed by atoms with Gasteiger partial charge in [-0.1, -0.05) is 29.3 Å². The molecule has 0 fully saturated rings. The van der Waals surface area contributed by atoms with Crippen LogP contribution in [-0.2, 0) is 6.42 Å². The van der Waals surface area contributed by atoms with Gasteiger partial charge in [0.1, 0.15) is 4.34 Å². The first-order valence-corrected chi connectivity index (χ1v) is 8.06. The summed E-state index contributed by atoms with van der Waals surface area (Å²) in [5.74, 6) is 0. The molecule has 2 aromatic rings. The summed E-state index contributed by atoms with van der Waals surface area (Å²) in [6.45, 7) is 6.29. The minimum atomic E-state index is -0.506. The van der Waals surface area contributed by atoms with Gasteiger partial charge in [-0.25, -0.2) is 0 Å². The van der Waals surface area contributed by atoms with Gasteiger partial charge in [-0.05, 0) is 59.5 Å². The molecule has 1 nitrogen and oxygen atoms in total. The Balaban J connectivity index is 2.26. The molecule has 0 saturated heterocycles. The highest BCUT2D eigenvalue weighted by molar-refractivity contribution is 9.10. The van der Waals surface area contributed by atoms with Crippen molar-refractivity contribution in [1.82, 2.24) is 0 Å². The Bertz CT molecular complexity index is 564. The first kappa shape index (κ1) is 15.0. The van der Waals surface area contributed by atoms with Gasteiger partial charge in [0, 0.05) is 15.8 Å². The van der Waals surface area contributed by atoms with E-state index in [-0.39, 0.29) is 0 Å². The summed E-state index contributed by atoms with van der Waals surface area (Å²) in [5.41, 5.74) is 4.95. The van der Waals surface area contributed by atoms with Gasteiger partial charge in [0.2, 0.25) is 0 Å². The number of aliphatic hydroxyl groups is 1. The molecule has 0 amide bonds. The van der Waals surface area contributed by atoms with Crippen LogP contribution in [0.2, 0.25) is 4.34 Å². The van der Waals surface area contributed by atoms with Crippen LogP contribution in [0.1, 0.15) is 33.2 Å². The number of aryl methyl sites for hydroxylation is 3. The highest BCUT2D eigenvalue weighted by Gasteiger charge is 2.16. The number of hydrogen-bond donors (Lipinski definition) is 1. The van der Waals surface area contributed by atoms with E-state index in [9.17, 15) is 5.11 Å². The lowest BCUT2D eigenvalue weighted by molar-refractivity contribution is 0.182. The number of rotatable bonds is 3. The highest BCUT2D eigenvalue weighted by atomic mass is 79.9. The Labute approximate surface area is 131 Å². The molecule has 0 saturated carbocycles. The molecule has 1 heterocycles. The lowest BCUT2D eigenvalue weighted by Crippen LogP contribution is -2.04. The maximum absolute atomic E-state index is 10.4. The number of benzene rings is 1. The van der Waals surface area contributed by atoms with Crippen LogP contribution in [0.15, 0.2) is 22.7 Å². The van der Waals surface area contributed by atoms with Crippen LogP contribution >= 0.6 is 38.9 Å². The minimum Gasteiger partial charge on any atom is -0.387 e. The number of halogens is 2. The first-order chi connectivity index (χ1) is 8.88. The molecule has 1 aromatic carbocycles. The van der Waals surface area contributed by atoms with Gasteiger partial charge < -0.3 is 5.11 Å². The van der Waals surface area contributed by atoms with Gasteiger partial charge in [-0.3, -0.25) is 0 Å². The van der Waals surface area contributed by atoms with Crippen molar-refractivity contribution in [3.05, 3.63) is 54.1 Å². The number of hydrogen-bond acceptors (Lipinski definition) is 2.